The number of aliphatic hydroxyl groups excluding tert-OH is 1. The molecule has 2 atom stereocenters. The fourth-order valence-electron chi connectivity index (χ4n) is 3.83. The normalized spacial score (nSPS) is 19.7. The first-order valence-electron chi connectivity index (χ1n) is 11.0. The van der Waals surface area contributed by atoms with Crippen molar-refractivity contribution in [2.45, 2.75) is 77.6 Å². The van der Waals surface area contributed by atoms with Crippen molar-refractivity contribution in [1.29, 1.82) is 0 Å². The van der Waals surface area contributed by atoms with Gasteiger partial charge in [-0.1, -0.05) is 38.8 Å². The average Bonchev–Trinajstić information content (AvgIpc) is 3.28. The number of alkyl halides is 3. The minimum atomic E-state index is -4.61. The Hall–Kier alpha value is -2.29. The molecule has 6 nitrogen and oxygen atoms in total. The standard InChI is InChI=1S/C23H32F3NO5/c1-4-31-20(29)9-7-5-6-8-14-27-16(15-22(2,3)21(27)30)10-11-17(28)18-12-13-19(32-18)23(24,25)26/h10-13,16-17,28H,4-9,14-15H2,1-3H3/t16-,17?/m0/s1. The van der Waals surface area contributed by atoms with E-state index in [-0.39, 0.29) is 23.7 Å². The lowest BCUT2D eigenvalue weighted by Gasteiger charge is -2.23. The summed E-state index contributed by atoms with van der Waals surface area (Å²) in [5.41, 5.74) is -0.558. The quantitative estimate of drug-likeness (QED) is 0.285. The van der Waals surface area contributed by atoms with Gasteiger partial charge in [-0.3, -0.25) is 9.59 Å². The lowest BCUT2D eigenvalue weighted by molar-refractivity contribution is -0.153. The molecule has 32 heavy (non-hydrogen) atoms. The fourth-order valence-corrected chi connectivity index (χ4v) is 3.83. The second-order valence-electron chi connectivity index (χ2n) is 8.65. The van der Waals surface area contributed by atoms with Gasteiger partial charge in [0.1, 0.15) is 11.9 Å². The number of carbonyl (C=O) groups excluding carboxylic acids is 2. The highest BCUT2D eigenvalue weighted by molar-refractivity contribution is 5.85. The molecule has 0 aliphatic carbocycles. The molecule has 1 aliphatic heterocycles. The van der Waals surface area contributed by atoms with Gasteiger partial charge in [0.05, 0.1) is 12.6 Å². The summed E-state index contributed by atoms with van der Waals surface area (Å²) in [6, 6.07) is 1.61. The van der Waals surface area contributed by atoms with E-state index < -0.39 is 23.5 Å². The zero-order valence-electron chi connectivity index (χ0n) is 18.8. The lowest BCUT2D eigenvalue weighted by Crippen LogP contribution is -2.35. The molecule has 0 bridgehead atoms. The Labute approximate surface area is 186 Å². The van der Waals surface area contributed by atoms with Gasteiger partial charge < -0.3 is 19.2 Å². The van der Waals surface area contributed by atoms with Gasteiger partial charge in [-0.05, 0) is 38.3 Å². The van der Waals surface area contributed by atoms with Crippen LogP contribution in [0.4, 0.5) is 13.2 Å². The molecule has 1 aromatic rings. The third kappa shape index (κ3) is 7.12. The van der Waals surface area contributed by atoms with Crippen LogP contribution in [0.15, 0.2) is 28.7 Å². The van der Waals surface area contributed by atoms with Crippen LogP contribution in [0.3, 0.4) is 0 Å². The Bertz CT molecular complexity index is 800. The molecule has 2 heterocycles. The first-order valence-corrected chi connectivity index (χ1v) is 11.0. The number of esters is 1. The largest absolute Gasteiger partial charge is 0.466 e. The molecule has 180 valence electrons. The predicted octanol–water partition coefficient (Wildman–Crippen LogP) is 5.03. The number of carbonyl (C=O) groups is 2. The van der Waals surface area contributed by atoms with Crippen molar-refractivity contribution in [3.8, 4) is 0 Å². The molecule has 1 aliphatic rings. The third-order valence-corrected chi connectivity index (χ3v) is 5.51. The van der Waals surface area contributed by atoms with Gasteiger partial charge in [0.2, 0.25) is 11.7 Å². The van der Waals surface area contributed by atoms with Crippen molar-refractivity contribution in [3.05, 3.63) is 35.8 Å². The van der Waals surface area contributed by atoms with Gasteiger partial charge in [0.25, 0.3) is 0 Å². The maximum absolute atomic E-state index is 12.8. The molecule has 0 spiro atoms. The fraction of sp³-hybridized carbons (Fsp3) is 0.652. The van der Waals surface area contributed by atoms with E-state index in [4.69, 9.17) is 9.15 Å². The van der Waals surface area contributed by atoms with Gasteiger partial charge in [-0.2, -0.15) is 13.2 Å². The summed E-state index contributed by atoms with van der Waals surface area (Å²) in [6.45, 7) is 6.39. The van der Waals surface area contributed by atoms with E-state index in [1.165, 1.54) is 6.08 Å². The van der Waals surface area contributed by atoms with Crippen LogP contribution in [0.25, 0.3) is 0 Å². The molecule has 1 saturated heterocycles. The number of rotatable bonds is 11. The number of amides is 1. The number of unbranched alkanes of at least 4 members (excludes halogenated alkanes) is 3. The minimum Gasteiger partial charge on any atom is -0.466 e. The monoisotopic (exact) mass is 459 g/mol. The molecule has 1 aromatic heterocycles. The highest BCUT2D eigenvalue weighted by Gasteiger charge is 2.43. The maximum Gasteiger partial charge on any atom is 0.449 e. The smallest absolute Gasteiger partial charge is 0.449 e. The number of halogens is 3. The molecule has 2 rings (SSSR count). The van der Waals surface area contributed by atoms with Gasteiger partial charge in [-0.15, -0.1) is 0 Å². The summed E-state index contributed by atoms with van der Waals surface area (Å²) in [5.74, 6) is -1.57. The van der Waals surface area contributed by atoms with E-state index in [0.29, 0.717) is 26.0 Å². The van der Waals surface area contributed by atoms with Crippen LogP contribution >= 0.6 is 0 Å². The Balaban J connectivity index is 1.90. The highest BCUT2D eigenvalue weighted by atomic mass is 19.4. The zero-order chi connectivity index (χ0) is 23.9. The van der Waals surface area contributed by atoms with Crippen molar-refractivity contribution in [2.75, 3.05) is 13.2 Å². The topological polar surface area (TPSA) is 80.0 Å². The van der Waals surface area contributed by atoms with Crippen LogP contribution in [0.1, 0.15) is 76.9 Å². The van der Waals surface area contributed by atoms with Crippen molar-refractivity contribution < 1.29 is 37.0 Å². The first kappa shape index (κ1) is 26.0. The van der Waals surface area contributed by atoms with Crippen LogP contribution in [-0.2, 0) is 20.5 Å². The van der Waals surface area contributed by atoms with Crippen LogP contribution in [-0.4, -0.2) is 41.1 Å². The summed E-state index contributed by atoms with van der Waals surface area (Å²) in [7, 11) is 0. The highest BCUT2D eigenvalue weighted by Crippen LogP contribution is 2.37. The first-order chi connectivity index (χ1) is 15.0. The van der Waals surface area contributed by atoms with E-state index in [1.807, 2.05) is 13.8 Å². The molecule has 9 heteroatoms. The maximum atomic E-state index is 12.8. The number of ether oxygens (including phenoxy) is 1. The van der Waals surface area contributed by atoms with Gasteiger partial charge in [0.15, 0.2) is 0 Å². The summed E-state index contributed by atoms with van der Waals surface area (Å²) < 4.78 is 47.7. The van der Waals surface area contributed by atoms with Crippen LogP contribution in [0, 0.1) is 5.41 Å². The number of likely N-dealkylation sites (tertiary alicyclic amines) is 1. The number of nitrogens with zero attached hydrogens (tertiary/aromatic N) is 1. The van der Waals surface area contributed by atoms with E-state index in [9.17, 15) is 27.9 Å². The van der Waals surface area contributed by atoms with Crippen molar-refractivity contribution in [1.82, 2.24) is 4.90 Å². The third-order valence-electron chi connectivity index (χ3n) is 5.51. The van der Waals surface area contributed by atoms with E-state index in [2.05, 4.69) is 0 Å². The molecule has 1 N–H and O–H groups in total. The Morgan fingerprint density at radius 3 is 2.62 bits per heavy atom. The van der Waals surface area contributed by atoms with E-state index in [0.717, 1.165) is 37.8 Å². The summed E-state index contributed by atoms with van der Waals surface area (Å²) in [6.07, 6.45) is 1.21. The molecule has 1 unspecified atom stereocenters. The predicted molar refractivity (Wildman–Crippen MR) is 111 cm³/mol. The SMILES string of the molecule is CCOC(=O)CCCCCCN1C(=O)C(C)(C)C[C@@H]1C=CC(O)c1ccc(C(F)(F)F)o1. The molecule has 1 amide bonds. The molecule has 1 fully saturated rings. The average molecular weight is 460 g/mol. The van der Waals surface area contributed by atoms with Gasteiger partial charge >= 0.3 is 12.1 Å². The molecule has 0 saturated carbocycles. The van der Waals surface area contributed by atoms with Gasteiger partial charge in [-0.25, -0.2) is 0 Å². The summed E-state index contributed by atoms with van der Waals surface area (Å²) in [5, 5.41) is 10.2. The van der Waals surface area contributed by atoms with Gasteiger partial charge in [0, 0.05) is 18.4 Å². The second-order valence-corrected chi connectivity index (χ2v) is 8.65. The van der Waals surface area contributed by atoms with Crippen LogP contribution < -0.4 is 0 Å². The Kier molecular flexibility index (Phi) is 8.95. The van der Waals surface area contributed by atoms with E-state index >= 15 is 0 Å². The number of furan rings is 1. The number of hydrogen-bond donors (Lipinski definition) is 1. The minimum absolute atomic E-state index is 0.00511. The molecular weight excluding hydrogens is 427 g/mol. The number of hydrogen-bond acceptors (Lipinski definition) is 5. The molecule has 0 radical (unpaired) electrons. The lowest BCUT2D eigenvalue weighted by atomic mass is 9.90. The summed E-state index contributed by atoms with van der Waals surface area (Å²) >= 11 is 0. The molecular formula is C23H32F3NO5. The number of aliphatic hydroxyl groups is 1. The van der Waals surface area contributed by atoms with Crippen molar-refractivity contribution >= 4 is 11.9 Å². The second kappa shape index (κ2) is 11.0. The Morgan fingerprint density at radius 2 is 2.00 bits per heavy atom. The van der Waals surface area contributed by atoms with Crippen molar-refractivity contribution in [2.24, 2.45) is 5.41 Å². The zero-order valence-corrected chi connectivity index (χ0v) is 18.8. The van der Waals surface area contributed by atoms with Crippen LogP contribution in [0.2, 0.25) is 0 Å². The van der Waals surface area contributed by atoms with Crippen LogP contribution in [0.5, 0.6) is 0 Å². The van der Waals surface area contributed by atoms with Crippen molar-refractivity contribution in [3.63, 3.8) is 0 Å². The summed E-state index contributed by atoms with van der Waals surface area (Å²) in [4.78, 5) is 25.9. The molecule has 0 aromatic carbocycles. The Morgan fingerprint density at radius 1 is 1.31 bits per heavy atom. The van der Waals surface area contributed by atoms with E-state index in [1.54, 1.807) is 17.9 Å².